The molecule has 2 bridgehead atoms. The molecule has 0 aliphatic carbocycles. The van der Waals surface area contributed by atoms with Gasteiger partial charge in [-0.05, 0) is 37.4 Å². The van der Waals surface area contributed by atoms with E-state index in [0.29, 0.717) is 6.42 Å². The summed E-state index contributed by atoms with van der Waals surface area (Å²) in [6.45, 7) is 13.2. The van der Waals surface area contributed by atoms with Gasteiger partial charge in [0.15, 0.2) is 8.32 Å². The SMILES string of the molecule is CCCC[C@@]12CC[C@@H]([C@@H](CC(=O)OC)C(=O)[C@@H]1CO[Si](C)(C)C(C)(C)C)N2C(=O)OC. The van der Waals surface area contributed by atoms with Crippen LogP contribution in [0.25, 0.3) is 0 Å². The van der Waals surface area contributed by atoms with Crippen molar-refractivity contribution in [3.05, 3.63) is 0 Å². The Kier molecular flexibility index (Phi) is 8.01. The lowest BCUT2D eigenvalue weighted by atomic mass is 9.70. The Morgan fingerprint density at radius 2 is 1.84 bits per heavy atom. The van der Waals surface area contributed by atoms with Crippen molar-refractivity contribution < 1.29 is 28.3 Å². The lowest BCUT2D eigenvalue weighted by molar-refractivity contribution is -0.152. The van der Waals surface area contributed by atoms with Gasteiger partial charge in [-0.2, -0.15) is 0 Å². The highest BCUT2D eigenvalue weighted by molar-refractivity contribution is 6.74. The predicted molar refractivity (Wildman–Crippen MR) is 121 cm³/mol. The minimum absolute atomic E-state index is 0.00691. The van der Waals surface area contributed by atoms with Crippen LogP contribution >= 0.6 is 0 Å². The molecule has 0 unspecified atom stereocenters. The molecule has 0 radical (unpaired) electrons. The molecule has 2 fully saturated rings. The zero-order valence-corrected chi connectivity index (χ0v) is 21.6. The van der Waals surface area contributed by atoms with Gasteiger partial charge in [0.25, 0.3) is 0 Å². The second-order valence-corrected chi connectivity index (χ2v) is 15.4. The number of esters is 1. The van der Waals surface area contributed by atoms with Gasteiger partial charge in [-0.15, -0.1) is 0 Å². The van der Waals surface area contributed by atoms with E-state index in [-0.39, 0.29) is 29.9 Å². The van der Waals surface area contributed by atoms with E-state index in [2.05, 4.69) is 40.8 Å². The Hall–Kier alpha value is -1.41. The quantitative estimate of drug-likeness (QED) is 0.395. The van der Waals surface area contributed by atoms with Crippen molar-refractivity contribution in [2.45, 2.75) is 95.9 Å². The maximum absolute atomic E-state index is 13.8. The average Bonchev–Trinajstić information content (AvgIpc) is 3.03. The van der Waals surface area contributed by atoms with E-state index < -0.39 is 37.8 Å². The number of amides is 1. The van der Waals surface area contributed by atoms with Gasteiger partial charge < -0.3 is 13.9 Å². The Morgan fingerprint density at radius 1 is 1.19 bits per heavy atom. The fourth-order valence-corrected chi connectivity index (χ4v) is 5.99. The van der Waals surface area contributed by atoms with Crippen molar-refractivity contribution in [1.29, 1.82) is 0 Å². The molecule has 2 rings (SSSR count). The molecule has 2 aliphatic heterocycles. The molecule has 2 heterocycles. The van der Waals surface area contributed by atoms with Crippen LogP contribution in [0, 0.1) is 11.8 Å². The summed E-state index contributed by atoms with van der Waals surface area (Å²) in [5.74, 6) is -1.46. The first-order chi connectivity index (χ1) is 14.4. The van der Waals surface area contributed by atoms with Crippen LogP contribution in [-0.2, 0) is 23.5 Å². The maximum Gasteiger partial charge on any atom is 0.410 e. The second-order valence-electron chi connectivity index (χ2n) is 10.6. The number of carbonyl (C=O) groups is 3. The molecule has 0 N–H and O–H groups in total. The summed E-state index contributed by atoms with van der Waals surface area (Å²) in [6, 6.07) is -0.333. The number of Topliss-reactive ketones (excluding diaryl/α,β-unsaturated/α-hetero) is 1. The lowest BCUT2D eigenvalue weighted by Crippen LogP contribution is -2.66. The minimum Gasteiger partial charge on any atom is -0.469 e. The van der Waals surface area contributed by atoms with Crippen LogP contribution in [0.5, 0.6) is 0 Å². The molecule has 7 nitrogen and oxygen atoms in total. The monoisotopic (exact) mass is 455 g/mol. The van der Waals surface area contributed by atoms with Crippen LogP contribution < -0.4 is 0 Å². The summed E-state index contributed by atoms with van der Waals surface area (Å²) in [4.78, 5) is 40.6. The summed E-state index contributed by atoms with van der Waals surface area (Å²) in [5.41, 5.74) is -0.611. The van der Waals surface area contributed by atoms with E-state index in [1.807, 2.05) is 0 Å². The number of carbonyl (C=O) groups excluding carboxylic acids is 3. The second kappa shape index (κ2) is 9.61. The normalized spacial score (nSPS) is 28.6. The number of ketones is 1. The third kappa shape index (κ3) is 4.84. The number of piperidine rings is 1. The Labute approximate surface area is 188 Å². The molecule has 1 amide bonds. The third-order valence-corrected chi connectivity index (χ3v) is 12.4. The van der Waals surface area contributed by atoms with Crippen LogP contribution in [0.15, 0.2) is 0 Å². The molecule has 2 saturated heterocycles. The fraction of sp³-hybridized carbons (Fsp3) is 0.870. The molecule has 8 heteroatoms. The Bertz CT molecular complexity index is 688. The smallest absolute Gasteiger partial charge is 0.410 e. The van der Waals surface area contributed by atoms with Crippen molar-refractivity contribution in [1.82, 2.24) is 4.90 Å². The van der Waals surface area contributed by atoms with E-state index in [1.165, 1.54) is 14.2 Å². The summed E-state index contributed by atoms with van der Waals surface area (Å²) >= 11 is 0. The van der Waals surface area contributed by atoms with Crippen LogP contribution in [0.1, 0.15) is 66.2 Å². The van der Waals surface area contributed by atoms with Gasteiger partial charge in [0.1, 0.15) is 5.78 Å². The molecule has 4 atom stereocenters. The fourth-order valence-electron chi connectivity index (χ4n) is 4.98. The highest BCUT2D eigenvalue weighted by Crippen LogP contribution is 2.52. The average molecular weight is 456 g/mol. The number of unbranched alkanes of at least 4 members (excludes halogenated alkanes) is 1. The number of ether oxygens (including phenoxy) is 2. The molecule has 31 heavy (non-hydrogen) atoms. The van der Waals surface area contributed by atoms with E-state index >= 15 is 0 Å². The number of fused-ring (bicyclic) bond motifs is 2. The minimum atomic E-state index is -2.11. The van der Waals surface area contributed by atoms with Gasteiger partial charge >= 0.3 is 12.1 Å². The van der Waals surface area contributed by atoms with Crippen molar-refractivity contribution >= 4 is 26.2 Å². The summed E-state index contributed by atoms with van der Waals surface area (Å²) in [5, 5.41) is 0.00691. The van der Waals surface area contributed by atoms with Gasteiger partial charge in [-0.1, -0.05) is 40.5 Å². The number of hydrogen-bond donors (Lipinski definition) is 0. The van der Waals surface area contributed by atoms with Crippen molar-refractivity contribution in [2.24, 2.45) is 11.8 Å². The Balaban J connectivity index is 2.48. The molecule has 0 aromatic carbocycles. The zero-order valence-electron chi connectivity index (χ0n) is 20.6. The van der Waals surface area contributed by atoms with Gasteiger partial charge in [0, 0.05) is 18.6 Å². The van der Waals surface area contributed by atoms with Crippen LogP contribution in [0.3, 0.4) is 0 Å². The molecule has 0 saturated carbocycles. The van der Waals surface area contributed by atoms with Crippen LogP contribution in [-0.4, -0.2) is 63.5 Å². The number of methoxy groups -OCH3 is 2. The Morgan fingerprint density at radius 3 is 2.35 bits per heavy atom. The molecule has 0 spiro atoms. The van der Waals surface area contributed by atoms with Gasteiger partial charge in [0.05, 0.1) is 32.1 Å². The number of rotatable bonds is 8. The summed E-state index contributed by atoms with van der Waals surface area (Å²) < 4.78 is 16.6. The molecular formula is C23H41NO6Si. The van der Waals surface area contributed by atoms with Gasteiger partial charge in [-0.3, -0.25) is 14.5 Å². The molecular weight excluding hydrogens is 414 g/mol. The number of nitrogens with zero attached hydrogens (tertiary/aromatic N) is 1. The first kappa shape index (κ1) is 25.8. The largest absolute Gasteiger partial charge is 0.469 e. The van der Waals surface area contributed by atoms with Crippen molar-refractivity contribution in [2.75, 3.05) is 20.8 Å². The van der Waals surface area contributed by atoms with Crippen molar-refractivity contribution in [3.8, 4) is 0 Å². The van der Waals surface area contributed by atoms with E-state index in [1.54, 1.807) is 4.90 Å². The summed E-state index contributed by atoms with van der Waals surface area (Å²) in [6.07, 6.45) is 3.58. The topological polar surface area (TPSA) is 82.1 Å². The van der Waals surface area contributed by atoms with E-state index in [4.69, 9.17) is 13.9 Å². The predicted octanol–water partition coefficient (Wildman–Crippen LogP) is 4.55. The third-order valence-electron chi connectivity index (χ3n) is 7.87. The van der Waals surface area contributed by atoms with Gasteiger partial charge in [-0.25, -0.2) is 4.79 Å². The first-order valence-corrected chi connectivity index (χ1v) is 14.4. The molecule has 0 aromatic rings. The molecule has 178 valence electrons. The van der Waals surface area contributed by atoms with E-state index in [0.717, 1.165) is 25.7 Å². The highest BCUT2D eigenvalue weighted by Gasteiger charge is 2.63. The standard InChI is InChI=1S/C23H41NO6Si/c1-9-10-12-23-13-11-18(24(23)21(27)29-6)16(14-19(25)28-5)20(26)17(23)15-30-31(7,8)22(2,3)4/h16-18H,9-15H2,1-8H3/t16-,17+,18+,23-/m1/s1. The van der Waals surface area contributed by atoms with Crippen molar-refractivity contribution in [3.63, 3.8) is 0 Å². The lowest BCUT2D eigenvalue weighted by Gasteiger charge is -2.51. The van der Waals surface area contributed by atoms with Gasteiger partial charge in [0.2, 0.25) is 0 Å². The molecule has 2 aliphatic rings. The zero-order chi connectivity index (χ0) is 23.6. The van der Waals surface area contributed by atoms with Crippen LogP contribution in [0.4, 0.5) is 4.79 Å². The van der Waals surface area contributed by atoms with Crippen LogP contribution in [0.2, 0.25) is 18.1 Å². The highest BCUT2D eigenvalue weighted by atomic mass is 28.4. The first-order valence-electron chi connectivity index (χ1n) is 11.5. The number of hydrogen-bond acceptors (Lipinski definition) is 6. The molecule has 0 aromatic heterocycles. The van der Waals surface area contributed by atoms with E-state index in [9.17, 15) is 14.4 Å². The maximum atomic E-state index is 13.8. The summed E-state index contributed by atoms with van der Waals surface area (Å²) in [7, 11) is 0.594.